The Labute approximate surface area is 112 Å². The Kier molecular flexibility index (Phi) is 4.16. The summed E-state index contributed by atoms with van der Waals surface area (Å²) in [5.41, 5.74) is 3.07. The normalized spacial score (nSPS) is 10.3. The molecule has 0 aliphatic carbocycles. The summed E-state index contributed by atoms with van der Waals surface area (Å²) in [5.74, 6) is 0.0923. The first-order valence-corrected chi connectivity index (χ1v) is 6.38. The molecule has 0 heterocycles. The first-order valence-electron chi connectivity index (χ1n) is 6.00. The largest absolute Gasteiger partial charge is 0.295 e. The van der Waals surface area contributed by atoms with Crippen molar-refractivity contribution in [1.29, 1.82) is 0 Å². The molecule has 2 heteroatoms. The van der Waals surface area contributed by atoms with Gasteiger partial charge in [0.25, 0.3) is 0 Å². The van der Waals surface area contributed by atoms with E-state index < -0.39 is 0 Å². The van der Waals surface area contributed by atoms with Gasteiger partial charge in [-0.1, -0.05) is 41.9 Å². The Morgan fingerprint density at radius 1 is 1.06 bits per heavy atom. The standard InChI is InChI=1S/C16H15ClO/c1-12(18)16-10-9-15(17)11-14(16)8-7-13-5-3-2-4-6-13/h2-6,9-11H,7-8H2,1H3. The molecular weight excluding hydrogens is 244 g/mol. The molecule has 0 aliphatic rings. The summed E-state index contributed by atoms with van der Waals surface area (Å²) >= 11 is 5.99. The van der Waals surface area contributed by atoms with Crippen molar-refractivity contribution in [3.05, 3.63) is 70.2 Å². The van der Waals surface area contributed by atoms with E-state index in [1.54, 1.807) is 13.0 Å². The lowest BCUT2D eigenvalue weighted by molar-refractivity contribution is 0.101. The summed E-state index contributed by atoms with van der Waals surface area (Å²) in [7, 11) is 0. The number of benzene rings is 2. The van der Waals surface area contributed by atoms with Crippen molar-refractivity contribution in [2.45, 2.75) is 19.8 Å². The summed E-state index contributed by atoms with van der Waals surface area (Å²) in [6, 6.07) is 15.7. The lowest BCUT2D eigenvalue weighted by Crippen LogP contribution is -2.01. The van der Waals surface area contributed by atoms with E-state index in [4.69, 9.17) is 11.6 Å². The van der Waals surface area contributed by atoms with E-state index in [1.807, 2.05) is 30.3 Å². The van der Waals surface area contributed by atoms with Crippen molar-refractivity contribution in [2.24, 2.45) is 0 Å². The number of carbonyl (C=O) groups excluding carboxylic acids is 1. The number of rotatable bonds is 4. The van der Waals surface area contributed by atoms with E-state index >= 15 is 0 Å². The first-order chi connectivity index (χ1) is 8.66. The maximum absolute atomic E-state index is 11.5. The fraction of sp³-hybridized carbons (Fsp3) is 0.188. The van der Waals surface area contributed by atoms with Crippen LogP contribution >= 0.6 is 11.6 Å². The minimum Gasteiger partial charge on any atom is -0.295 e. The van der Waals surface area contributed by atoms with Crippen LogP contribution in [-0.4, -0.2) is 5.78 Å². The third-order valence-electron chi connectivity index (χ3n) is 2.97. The zero-order valence-electron chi connectivity index (χ0n) is 10.3. The molecule has 0 radical (unpaired) electrons. The number of ketones is 1. The maximum atomic E-state index is 11.5. The smallest absolute Gasteiger partial charge is 0.160 e. The van der Waals surface area contributed by atoms with Gasteiger partial charge in [-0.15, -0.1) is 0 Å². The molecule has 0 saturated carbocycles. The van der Waals surface area contributed by atoms with Gasteiger partial charge in [0.1, 0.15) is 0 Å². The highest BCUT2D eigenvalue weighted by molar-refractivity contribution is 6.30. The second-order valence-electron chi connectivity index (χ2n) is 4.34. The van der Waals surface area contributed by atoms with E-state index in [9.17, 15) is 4.79 Å². The van der Waals surface area contributed by atoms with Crippen LogP contribution in [-0.2, 0) is 12.8 Å². The van der Waals surface area contributed by atoms with Crippen LogP contribution in [0.25, 0.3) is 0 Å². The van der Waals surface area contributed by atoms with Gasteiger partial charge < -0.3 is 0 Å². The van der Waals surface area contributed by atoms with Gasteiger partial charge in [0, 0.05) is 10.6 Å². The number of Topliss-reactive ketones (excluding diaryl/α,β-unsaturated/α-hetero) is 1. The molecular formula is C16H15ClO. The molecule has 0 aliphatic heterocycles. The predicted molar refractivity (Wildman–Crippen MR) is 75.3 cm³/mol. The molecule has 0 bridgehead atoms. The zero-order chi connectivity index (χ0) is 13.0. The highest BCUT2D eigenvalue weighted by Crippen LogP contribution is 2.18. The number of hydrogen-bond donors (Lipinski definition) is 0. The average molecular weight is 259 g/mol. The third kappa shape index (κ3) is 3.21. The van der Waals surface area contributed by atoms with Crippen LogP contribution in [0.4, 0.5) is 0 Å². The molecule has 2 aromatic carbocycles. The number of aryl methyl sites for hydroxylation is 2. The average Bonchev–Trinajstić information content (AvgIpc) is 2.37. The van der Waals surface area contributed by atoms with Crippen molar-refractivity contribution < 1.29 is 4.79 Å². The second-order valence-corrected chi connectivity index (χ2v) is 4.78. The molecule has 2 aromatic rings. The van der Waals surface area contributed by atoms with Gasteiger partial charge in [0.15, 0.2) is 5.78 Å². The summed E-state index contributed by atoms with van der Waals surface area (Å²) in [4.78, 5) is 11.5. The molecule has 0 atom stereocenters. The molecule has 0 unspecified atom stereocenters. The fourth-order valence-electron chi connectivity index (χ4n) is 2.04. The van der Waals surface area contributed by atoms with Crippen LogP contribution in [0.2, 0.25) is 5.02 Å². The molecule has 1 nitrogen and oxygen atoms in total. The Morgan fingerprint density at radius 2 is 1.78 bits per heavy atom. The summed E-state index contributed by atoms with van der Waals surface area (Å²) < 4.78 is 0. The maximum Gasteiger partial charge on any atom is 0.160 e. The lowest BCUT2D eigenvalue weighted by atomic mass is 9.98. The Hall–Kier alpha value is -1.60. The molecule has 0 aromatic heterocycles. The van der Waals surface area contributed by atoms with Crippen molar-refractivity contribution in [2.75, 3.05) is 0 Å². The molecule has 0 saturated heterocycles. The van der Waals surface area contributed by atoms with Gasteiger partial charge in [-0.05, 0) is 49.1 Å². The van der Waals surface area contributed by atoms with Gasteiger partial charge in [0.05, 0.1) is 0 Å². The van der Waals surface area contributed by atoms with E-state index in [0.717, 1.165) is 24.0 Å². The van der Waals surface area contributed by atoms with Gasteiger partial charge in [-0.2, -0.15) is 0 Å². The number of carbonyl (C=O) groups is 1. The minimum absolute atomic E-state index is 0.0923. The van der Waals surface area contributed by atoms with E-state index in [2.05, 4.69) is 12.1 Å². The Balaban J connectivity index is 2.18. The van der Waals surface area contributed by atoms with Gasteiger partial charge >= 0.3 is 0 Å². The molecule has 0 N–H and O–H groups in total. The first kappa shape index (κ1) is 12.8. The van der Waals surface area contributed by atoms with Gasteiger partial charge in [0.2, 0.25) is 0 Å². The van der Waals surface area contributed by atoms with E-state index in [-0.39, 0.29) is 5.78 Å². The molecule has 0 fully saturated rings. The highest BCUT2D eigenvalue weighted by atomic mass is 35.5. The van der Waals surface area contributed by atoms with Crippen molar-refractivity contribution in [1.82, 2.24) is 0 Å². The highest BCUT2D eigenvalue weighted by Gasteiger charge is 2.07. The number of halogens is 1. The van der Waals surface area contributed by atoms with Crippen LogP contribution in [0, 0.1) is 0 Å². The Bertz CT molecular complexity index is 546. The molecule has 18 heavy (non-hydrogen) atoms. The molecule has 2 rings (SSSR count). The van der Waals surface area contributed by atoms with Crippen molar-refractivity contribution >= 4 is 17.4 Å². The van der Waals surface area contributed by atoms with E-state index in [0.29, 0.717) is 5.02 Å². The second kappa shape index (κ2) is 5.83. The fourth-order valence-corrected chi connectivity index (χ4v) is 2.23. The summed E-state index contributed by atoms with van der Waals surface area (Å²) in [5, 5.41) is 0.683. The molecule has 92 valence electrons. The van der Waals surface area contributed by atoms with Gasteiger partial charge in [-0.3, -0.25) is 4.79 Å². The van der Waals surface area contributed by atoms with Gasteiger partial charge in [-0.25, -0.2) is 0 Å². The van der Waals surface area contributed by atoms with Crippen LogP contribution in [0.1, 0.15) is 28.4 Å². The quantitative estimate of drug-likeness (QED) is 0.746. The minimum atomic E-state index is 0.0923. The Morgan fingerprint density at radius 3 is 2.44 bits per heavy atom. The molecule has 0 amide bonds. The lowest BCUT2D eigenvalue weighted by Gasteiger charge is -2.07. The van der Waals surface area contributed by atoms with E-state index in [1.165, 1.54) is 5.56 Å². The van der Waals surface area contributed by atoms with Crippen LogP contribution in [0.15, 0.2) is 48.5 Å². The van der Waals surface area contributed by atoms with Crippen molar-refractivity contribution in [3.8, 4) is 0 Å². The SMILES string of the molecule is CC(=O)c1ccc(Cl)cc1CCc1ccccc1. The van der Waals surface area contributed by atoms with Crippen LogP contribution in [0.3, 0.4) is 0 Å². The third-order valence-corrected chi connectivity index (χ3v) is 3.21. The predicted octanol–water partition coefficient (Wildman–Crippen LogP) is 4.33. The molecule has 0 spiro atoms. The topological polar surface area (TPSA) is 17.1 Å². The number of hydrogen-bond acceptors (Lipinski definition) is 1. The monoisotopic (exact) mass is 258 g/mol. The van der Waals surface area contributed by atoms with Crippen LogP contribution < -0.4 is 0 Å². The van der Waals surface area contributed by atoms with Crippen LogP contribution in [0.5, 0.6) is 0 Å². The zero-order valence-corrected chi connectivity index (χ0v) is 11.1. The summed E-state index contributed by atoms with van der Waals surface area (Å²) in [6.07, 6.45) is 1.75. The van der Waals surface area contributed by atoms with Crippen molar-refractivity contribution in [3.63, 3.8) is 0 Å². The summed E-state index contributed by atoms with van der Waals surface area (Å²) in [6.45, 7) is 1.59.